The van der Waals surface area contributed by atoms with Gasteiger partial charge < -0.3 is 9.30 Å². The van der Waals surface area contributed by atoms with Crippen molar-refractivity contribution in [2.75, 3.05) is 6.61 Å². The van der Waals surface area contributed by atoms with Gasteiger partial charge in [-0.1, -0.05) is 0 Å². The van der Waals surface area contributed by atoms with E-state index in [0.29, 0.717) is 6.61 Å². The van der Waals surface area contributed by atoms with E-state index < -0.39 is 0 Å². The van der Waals surface area contributed by atoms with Crippen LogP contribution in [0.5, 0.6) is 5.75 Å². The van der Waals surface area contributed by atoms with Gasteiger partial charge in [-0.15, -0.1) is 16.4 Å². The molecule has 2 rings (SSSR count). The van der Waals surface area contributed by atoms with Crippen LogP contribution in [0.3, 0.4) is 0 Å². The topological polar surface area (TPSA) is 38.9 Å². The Morgan fingerprint density at radius 2 is 1.95 bits per heavy atom. The molecule has 0 atom stereocenters. The molecule has 0 unspecified atom stereocenters. The minimum atomic E-state index is 0.684. The summed E-state index contributed by atoms with van der Waals surface area (Å²) in [5, 5.41) is 10.4. The van der Waals surface area contributed by atoms with E-state index in [4.69, 9.17) is 4.74 Å². The fraction of sp³-hybridized carbons (Fsp3) is 0.333. The van der Waals surface area contributed by atoms with E-state index in [0.717, 1.165) is 27.5 Å². The molecule has 0 bridgehead atoms. The molecule has 0 saturated carbocycles. The number of nitrogens with zero attached hydrogens (tertiary/aromatic N) is 3. The summed E-state index contributed by atoms with van der Waals surface area (Å²) in [5.74, 6) is 0.894. The van der Waals surface area contributed by atoms with Crippen LogP contribution in [-0.2, 0) is 7.05 Å². The highest BCUT2D eigenvalue weighted by Crippen LogP contribution is 2.22. The molecule has 2 aromatic rings. The van der Waals surface area contributed by atoms with Crippen molar-refractivity contribution in [3.63, 3.8) is 0 Å². The van der Waals surface area contributed by atoms with Crippen LogP contribution in [0.1, 0.15) is 20.8 Å². The highest BCUT2D eigenvalue weighted by Gasteiger charge is 2.04. The van der Waals surface area contributed by atoms with Gasteiger partial charge in [-0.25, -0.2) is 0 Å². The van der Waals surface area contributed by atoms with Gasteiger partial charge in [0.1, 0.15) is 5.75 Å². The lowest BCUT2D eigenvalue weighted by Crippen LogP contribution is -2.10. The quantitative estimate of drug-likeness (QED) is 0.627. The van der Waals surface area contributed by atoms with Crippen LogP contribution in [-0.4, -0.2) is 16.9 Å². The van der Waals surface area contributed by atoms with Crippen molar-refractivity contribution in [3.8, 4) is 17.0 Å². The summed E-state index contributed by atoms with van der Waals surface area (Å²) in [5.41, 5.74) is 3.22. The molecule has 0 saturated heterocycles. The lowest BCUT2D eigenvalue weighted by molar-refractivity contribution is 0.340. The lowest BCUT2D eigenvalue weighted by atomic mass is 10.1. The molecule has 0 radical (unpaired) electrons. The van der Waals surface area contributed by atoms with Gasteiger partial charge in [-0.2, -0.15) is 5.10 Å². The van der Waals surface area contributed by atoms with Crippen molar-refractivity contribution in [1.29, 1.82) is 0 Å². The number of ether oxygens (including phenoxy) is 1. The van der Waals surface area contributed by atoms with Gasteiger partial charge in [0.05, 0.1) is 12.3 Å². The highest BCUT2D eigenvalue weighted by atomic mass is 32.1. The molecule has 4 nitrogen and oxygen atoms in total. The molecule has 0 aliphatic carbocycles. The van der Waals surface area contributed by atoms with Gasteiger partial charge in [0, 0.05) is 18.1 Å². The fourth-order valence-corrected chi connectivity index (χ4v) is 2.61. The molecule has 106 valence electrons. The largest absolute Gasteiger partial charge is 0.494 e. The van der Waals surface area contributed by atoms with Crippen LogP contribution >= 0.6 is 11.3 Å². The van der Waals surface area contributed by atoms with Crippen molar-refractivity contribution in [2.24, 2.45) is 17.3 Å². The number of hydrogen-bond donors (Lipinski definition) is 0. The highest BCUT2D eigenvalue weighted by molar-refractivity contribution is 7.07. The van der Waals surface area contributed by atoms with E-state index in [1.807, 2.05) is 44.5 Å². The third kappa shape index (κ3) is 3.36. The Morgan fingerprint density at radius 3 is 2.55 bits per heavy atom. The Balaban J connectivity index is 2.34. The number of hydrogen-bond acceptors (Lipinski definition) is 4. The van der Waals surface area contributed by atoms with Gasteiger partial charge in [-0.3, -0.25) is 0 Å². The van der Waals surface area contributed by atoms with Gasteiger partial charge in [0.25, 0.3) is 0 Å². The maximum absolute atomic E-state index is 5.46. The molecule has 0 fully saturated rings. The van der Waals surface area contributed by atoms with E-state index in [2.05, 4.69) is 27.7 Å². The summed E-state index contributed by atoms with van der Waals surface area (Å²) in [4.78, 5) is 0.884. The van der Waals surface area contributed by atoms with Gasteiger partial charge in [0.2, 0.25) is 4.80 Å². The first-order chi connectivity index (χ1) is 9.61. The van der Waals surface area contributed by atoms with Crippen LogP contribution in [0.2, 0.25) is 0 Å². The Morgan fingerprint density at radius 1 is 1.25 bits per heavy atom. The van der Waals surface area contributed by atoms with Gasteiger partial charge in [-0.05, 0) is 50.6 Å². The molecule has 0 amide bonds. The summed E-state index contributed by atoms with van der Waals surface area (Å²) in [7, 11) is 2.00. The summed E-state index contributed by atoms with van der Waals surface area (Å²) in [6, 6.07) is 8.10. The third-order valence-corrected chi connectivity index (χ3v) is 3.63. The molecule has 20 heavy (non-hydrogen) atoms. The second kappa shape index (κ2) is 6.52. The van der Waals surface area contributed by atoms with Crippen molar-refractivity contribution in [3.05, 3.63) is 34.4 Å². The minimum absolute atomic E-state index is 0.684. The first-order valence-electron chi connectivity index (χ1n) is 6.54. The van der Waals surface area contributed by atoms with Crippen molar-refractivity contribution in [1.82, 2.24) is 4.57 Å². The second-order valence-corrected chi connectivity index (χ2v) is 5.40. The third-order valence-electron chi connectivity index (χ3n) is 2.72. The normalized spacial score (nSPS) is 11.5. The molecule has 0 N–H and O–H groups in total. The number of aromatic nitrogens is 1. The molecular weight excluding hydrogens is 270 g/mol. The molecule has 0 aliphatic heterocycles. The Kier molecular flexibility index (Phi) is 4.74. The molecular formula is C15H19N3OS. The zero-order valence-electron chi connectivity index (χ0n) is 12.3. The average molecular weight is 289 g/mol. The maximum Gasteiger partial charge on any atom is 0.210 e. The first-order valence-corrected chi connectivity index (χ1v) is 7.42. The van der Waals surface area contributed by atoms with Crippen LogP contribution in [0.25, 0.3) is 11.3 Å². The summed E-state index contributed by atoms with van der Waals surface area (Å²) in [6.45, 7) is 6.54. The van der Waals surface area contributed by atoms with E-state index in [1.54, 1.807) is 11.3 Å². The van der Waals surface area contributed by atoms with Gasteiger partial charge >= 0.3 is 0 Å². The molecule has 1 aromatic carbocycles. The van der Waals surface area contributed by atoms with Crippen LogP contribution < -0.4 is 9.54 Å². The minimum Gasteiger partial charge on any atom is -0.494 e. The summed E-state index contributed by atoms with van der Waals surface area (Å²) < 4.78 is 7.51. The predicted molar refractivity (Wildman–Crippen MR) is 84.2 cm³/mol. The van der Waals surface area contributed by atoms with Crippen LogP contribution in [0.4, 0.5) is 0 Å². The monoisotopic (exact) mass is 289 g/mol. The van der Waals surface area contributed by atoms with Crippen LogP contribution in [0, 0.1) is 0 Å². The zero-order valence-corrected chi connectivity index (χ0v) is 13.1. The Bertz CT molecular complexity index is 661. The number of benzene rings is 1. The Labute approximate surface area is 123 Å². The number of thiazole rings is 1. The van der Waals surface area contributed by atoms with E-state index in [9.17, 15) is 0 Å². The second-order valence-electron chi connectivity index (χ2n) is 4.57. The lowest BCUT2D eigenvalue weighted by Gasteiger charge is -2.05. The molecule has 0 spiro atoms. The standard InChI is InChI=1S/C15H19N3OS/c1-5-19-13-8-6-12(7-9-13)14-10-20-15(18(14)4)17-16-11(2)3/h6-10H,5H2,1-4H3/b17-15+. The summed E-state index contributed by atoms with van der Waals surface area (Å²) in [6.07, 6.45) is 0. The predicted octanol–water partition coefficient (Wildman–Crippen LogP) is 3.45. The van der Waals surface area contributed by atoms with Crippen molar-refractivity contribution in [2.45, 2.75) is 20.8 Å². The Hall–Kier alpha value is -1.88. The van der Waals surface area contributed by atoms with Gasteiger partial charge in [0.15, 0.2) is 0 Å². The van der Waals surface area contributed by atoms with E-state index >= 15 is 0 Å². The summed E-state index contributed by atoms with van der Waals surface area (Å²) >= 11 is 1.59. The average Bonchev–Trinajstić information content (AvgIpc) is 2.79. The zero-order chi connectivity index (χ0) is 14.5. The fourth-order valence-electron chi connectivity index (χ4n) is 1.75. The molecule has 0 aliphatic rings. The van der Waals surface area contributed by atoms with E-state index in [-0.39, 0.29) is 0 Å². The molecule has 1 heterocycles. The smallest absolute Gasteiger partial charge is 0.210 e. The first kappa shape index (κ1) is 14.5. The van der Waals surface area contributed by atoms with Crippen molar-refractivity contribution < 1.29 is 4.74 Å². The van der Waals surface area contributed by atoms with Crippen molar-refractivity contribution >= 4 is 17.0 Å². The molecule has 5 heteroatoms. The number of rotatable bonds is 4. The maximum atomic E-state index is 5.46. The molecule has 1 aromatic heterocycles. The van der Waals surface area contributed by atoms with Crippen LogP contribution in [0.15, 0.2) is 39.8 Å². The SMILES string of the molecule is CCOc1ccc(-c2cs/c(=N/N=C(C)C)n2C)cc1. The van der Waals surface area contributed by atoms with E-state index in [1.165, 1.54) is 0 Å².